The maximum Gasteiger partial charge on any atom is 0.227 e. The molecule has 1 amide bonds. The average Bonchev–Trinajstić information content (AvgIpc) is 2.62. The Morgan fingerprint density at radius 3 is 2.94 bits per heavy atom. The van der Waals surface area contributed by atoms with E-state index in [2.05, 4.69) is 17.1 Å². The third-order valence-electron chi connectivity index (χ3n) is 3.90. The van der Waals surface area contributed by atoms with Gasteiger partial charge in [-0.2, -0.15) is 0 Å². The highest BCUT2D eigenvalue weighted by molar-refractivity contribution is 6.31. The summed E-state index contributed by atoms with van der Waals surface area (Å²) in [6.45, 7) is 0. The minimum Gasteiger partial charge on any atom is -0.333 e. The van der Waals surface area contributed by atoms with Crippen molar-refractivity contribution < 1.29 is 4.79 Å². The first-order chi connectivity index (χ1) is 8.75. The lowest BCUT2D eigenvalue weighted by atomic mass is 10.1. The maximum atomic E-state index is 12.4. The van der Waals surface area contributed by atoms with E-state index in [1.165, 1.54) is 0 Å². The number of halogens is 1. The molecule has 0 aliphatic carbocycles. The lowest BCUT2D eigenvalue weighted by Crippen LogP contribution is -2.42. The number of amides is 1. The smallest absolute Gasteiger partial charge is 0.227 e. The van der Waals surface area contributed by atoms with Crippen LogP contribution in [0.5, 0.6) is 0 Å². The van der Waals surface area contributed by atoms with E-state index in [-0.39, 0.29) is 5.91 Å². The molecule has 1 saturated heterocycles. The summed E-state index contributed by atoms with van der Waals surface area (Å²) in [5.41, 5.74) is 0.929. The van der Waals surface area contributed by atoms with E-state index < -0.39 is 0 Å². The average molecular weight is 262 g/mol. The fourth-order valence-electron chi connectivity index (χ4n) is 3.01. The molecule has 0 spiro atoms. The van der Waals surface area contributed by atoms with Crippen LogP contribution in [0, 0.1) is 0 Å². The highest BCUT2D eigenvalue weighted by atomic mass is 35.5. The van der Waals surface area contributed by atoms with Crippen molar-refractivity contribution in [1.82, 2.24) is 4.90 Å². The lowest BCUT2D eigenvalue weighted by molar-refractivity contribution is -0.132. The molecule has 1 fully saturated rings. The summed E-state index contributed by atoms with van der Waals surface area (Å²) in [5.74, 6) is 0.208. The Kier molecular flexibility index (Phi) is 3.13. The highest BCUT2D eigenvalue weighted by Gasteiger charge is 2.36. The molecule has 3 heteroatoms. The molecule has 1 aromatic carbocycles. The number of hydrogen-bond donors (Lipinski definition) is 0. The first-order valence-electron chi connectivity index (χ1n) is 6.47. The monoisotopic (exact) mass is 261 g/mol. The normalized spacial score (nSPS) is 25.5. The van der Waals surface area contributed by atoms with Crippen molar-refractivity contribution in [2.24, 2.45) is 0 Å². The van der Waals surface area contributed by atoms with Crippen molar-refractivity contribution in [2.75, 3.05) is 0 Å². The first-order valence-corrected chi connectivity index (χ1v) is 6.85. The molecule has 2 unspecified atom stereocenters. The summed E-state index contributed by atoms with van der Waals surface area (Å²) in [5, 5.41) is 0.686. The summed E-state index contributed by atoms with van der Waals surface area (Å²) in [4.78, 5) is 14.5. The van der Waals surface area contributed by atoms with Gasteiger partial charge in [-0.3, -0.25) is 4.79 Å². The second kappa shape index (κ2) is 4.77. The second-order valence-corrected chi connectivity index (χ2v) is 5.44. The molecule has 94 valence electrons. The Balaban J connectivity index is 1.76. The molecule has 0 radical (unpaired) electrons. The Labute approximate surface area is 112 Å². The lowest BCUT2D eigenvalue weighted by Gasteiger charge is -2.31. The van der Waals surface area contributed by atoms with Gasteiger partial charge in [0.05, 0.1) is 12.5 Å². The molecular formula is C15H16ClNO. The van der Waals surface area contributed by atoms with Crippen molar-refractivity contribution in [2.45, 2.75) is 37.8 Å². The molecule has 2 aliphatic heterocycles. The van der Waals surface area contributed by atoms with Crippen LogP contribution in [-0.4, -0.2) is 22.9 Å². The van der Waals surface area contributed by atoms with Gasteiger partial charge in [-0.25, -0.2) is 0 Å². The van der Waals surface area contributed by atoms with Crippen molar-refractivity contribution in [3.63, 3.8) is 0 Å². The third kappa shape index (κ3) is 2.05. The molecule has 2 atom stereocenters. The van der Waals surface area contributed by atoms with E-state index in [1.807, 2.05) is 24.3 Å². The summed E-state index contributed by atoms with van der Waals surface area (Å²) >= 11 is 6.11. The number of carbonyl (C=O) groups excluding carboxylic acids is 1. The summed E-state index contributed by atoms with van der Waals surface area (Å²) in [6.07, 6.45) is 8.04. The van der Waals surface area contributed by atoms with E-state index in [0.717, 1.165) is 24.8 Å². The van der Waals surface area contributed by atoms with Crippen LogP contribution < -0.4 is 0 Å². The van der Waals surface area contributed by atoms with E-state index in [9.17, 15) is 4.79 Å². The zero-order valence-electron chi connectivity index (χ0n) is 10.2. The topological polar surface area (TPSA) is 20.3 Å². The van der Waals surface area contributed by atoms with Crippen LogP contribution in [-0.2, 0) is 11.2 Å². The Morgan fingerprint density at radius 1 is 1.33 bits per heavy atom. The van der Waals surface area contributed by atoms with Gasteiger partial charge in [0.15, 0.2) is 0 Å². The van der Waals surface area contributed by atoms with Gasteiger partial charge in [0, 0.05) is 11.1 Å². The van der Waals surface area contributed by atoms with Crippen LogP contribution in [0.15, 0.2) is 36.4 Å². The number of nitrogens with zero attached hydrogens (tertiary/aromatic N) is 1. The predicted octanol–water partition coefficient (Wildman–Crippen LogP) is 3.20. The Hall–Kier alpha value is -1.28. The Bertz CT molecular complexity index is 497. The van der Waals surface area contributed by atoms with Gasteiger partial charge in [-0.15, -0.1) is 0 Å². The number of carbonyl (C=O) groups is 1. The van der Waals surface area contributed by atoms with Crippen LogP contribution in [0.2, 0.25) is 5.02 Å². The van der Waals surface area contributed by atoms with Crippen molar-refractivity contribution >= 4 is 17.5 Å². The largest absolute Gasteiger partial charge is 0.333 e. The predicted molar refractivity (Wildman–Crippen MR) is 72.6 cm³/mol. The van der Waals surface area contributed by atoms with E-state index in [0.29, 0.717) is 23.5 Å². The zero-order valence-corrected chi connectivity index (χ0v) is 10.9. The van der Waals surface area contributed by atoms with Gasteiger partial charge < -0.3 is 4.90 Å². The minimum absolute atomic E-state index is 0.208. The molecule has 2 heterocycles. The summed E-state index contributed by atoms with van der Waals surface area (Å²) < 4.78 is 0. The molecule has 2 nitrogen and oxygen atoms in total. The van der Waals surface area contributed by atoms with Crippen molar-refractivity contribution in [1.29, 1.82) is 0 Å². The van der Waals surface area contributed by atoms with Gasteiger partial charge in [0.1, 0.15) is 0 Å². The van der Waals surface area contributed by atoms with Crippen LogP contribution in [0.4, 0.5) is 0 Å². The molecule has 18 heavy (non-hydrogen) atoms. The number of rotatable bonds is 2. The van der Waals surface area contributed by atoms with Gasteiger partial charge in [0.2, 0.25) is 5.91 Å². The van der Waals surface area contributed by atoms with Gasteiger partial charge in [-0.1, -0.05) is 42.0 Å². The molecular weight excluding hydrogens is 246 g/mol. The van der Waals surface area contributed by atoms with Gasteiger partial charge in [0.25, 0.3) is 0 Å². The molecule has 0 aromatic heterocycles. The zero-order chi connectivity index (χ0) is 12.5. The first kappa shape index (κ1) is 11.8. The van der Waals surface area contributed by atoms with Crippen LogP contribution in [0.3, 0.4) is 0 Å². The molecule has 0 N–H and O–H groups in total. The number of fused-ring (bicyclic) bond motifs is 2. The fraction of sp³-hybridized carbons (Fsp3) is 0.400. The standard InChI is InChI=1S/C15H16ClNO/c16-14-7-2-1-4-11(14)10-15(18)17-12-5-3-6-13(17)9-8-12/h1-5,7,12-13H,6,8-10H2. The van der Waals surface area contributed by atoms with Crippen LogP contribution >= 0.6 is 11.6 Å². The van der Waals surface area contributed by atoms with Crippen LogP contribution in [0.25, 0.3) is 0 Å². The van der Waals surface area contributed by atoms with Crippen LogP contribution in [0.1, 0.15) is 24.8 Å². The Morgan fingerprint density at radius 2 is 2.17 bits per heavy atom. The number of benzene rings is 1. The SMILES string of the molecule is O=C(Cc1ccccc1Cl)N1C2C=CCC1CC2. The molecule has 1 aromatic rings. The number of hydrogen-bond acceptors (Lipinski definition) is 1. The van der Waals surface area contributed by atoms with Gasteiger partial charge >= 0.3 is 0 Å². The maximum absolute atomic E-state index is 12.4. The van der Waals surface area contributed by atoms with E-state index in [4.69, 9.17) is 11.6 Å². The summed E-state index contributed by atoms with van der Waals surface area (Å²) in [6, 6.07) is 8.33. The molecule has 2 bridgehead atoms. The van der Waals surface area contributed by atoms with Crippen molar-refractivity contribution in [3.05, 3.63) is 47.0 Å². The van der Waals surface area contributed by atoms with E-state index in [1.54, 1.807) is 0 Å². The van der Waals surface area contributed by atoms with Gasteiger partial charge in [-0.05, 0) is 30.9 Å². The van der Waals surface area contributed by atoms with Crippen molar-refractivity contribution in [3.8, 4) is 0 Å². The third-order valence-corrected chi connectivity index (χ3v) is 4.27. The molecule has 3 rings (SSSR count). The quantitative estimate of drug-likeness (QED) is 0.749. The fourth-order valence-corrected chi connectivity index (χ4v) is 3.21. The highest BCUT2D eigenvalue weighted by Crippen LogP contribution is 2.32. The molecule has 2 aliphatic rings. The second-order valence-electron chi connectivity index (χ2n) is 5.03. The molecule has 0 saturated carbocycles. The van der Waals surface area contributed by atoms with E-state index >= 15 is 0 Å². The minimum atomic E-state index is 0.208. The summed E-state index contributed by atoms with van der Waals surface area (Å²) in [7, 11) is 0.